The van der Waals surface area contributed by atoms with Crippen LogP contribution in [0.4, 0.5) is 0 Å². The first-order valence-corrected chi connectivity index (χ1v) is 2.15. The number of hydrogen-bond donors (Lipinski definition) is 2. The minimum absolute atomic E-state index is 1.29. The molecule has 0 bridgehead atoms. The van der Waals surface area contributed by atoms with Crippen molar-refractivity contribution < 1.29 is 0 Å². The molecule has 0 unspecified atom stereocenters. The topological polar surface area (TPSA) is 24.7 Å². The zero-order chi connectivity index (χ0) is 4.83. The third-order valence-electron chi connectivity index (χ3n) is 0.185. The van der Waals surface area contributed by atoms with Crippen LogP contribution in [0.15, 0.2) is 9.11 Å². The van der Waals surface area contributed by atoms with Gasteiger partial charge in [0.2, 0.25) is 0 Å². The Morgan fingerprint density at radius 2 is 2.17 bits per heavy atom. The summed E-state index contributed by atoms with van der Waals surface area (Å²) in [7, 11) is 1.29. The molecule has 0 aliphatic rings. The van der Waals surface area contributed by atoms with E-state index in [1.807, 2.05) is 0 Å². The molecular weight excluding hydrogens is 114 g/mol. The van der Waals surface area contributed by atoms with Crippen LogP contribution in [0.25, 0.3) is 0 Å². The molecule has 0 amide bonds. The number of thiol groups is 2. The van der Waals surface area contributed by atoms with Crippen molar-refractivity contribution in [2.24, 2.45) is 9.11 Å². The van der Waals surface area contributed by atoms with E-state index in [-0.39, 0.29) is 0 Å². The summed E-state index contributed by atoms with van der Waals surface area (Å²) in [6.07, 6.45) is 1.33. The van der Waals surface area contributed by atoms with Crippen LogP contribution in [0.3, 0.4) is 0 Å². The average molecular weight is 116 g/mol. The van der Waals surface area contributed by atoms with Gasteiger partial charge in [-0.1, -0.05) is 0 Å². The van der Waals surface area contributed by atoms with Crippen molar-refractivity contribution in [3.8, 4) is 0 Å². The molecule has 30 valence electrons. The van der Waals surface area contributed by atoms with Crippen LogP contribution in [0.5, 0.6) is 0 Å². The molecule has 0 rings (SSSR count). The van der Waals surface area contributed by atoms with E-state index in [4.69, 9.17) is 0 Å². The van der Waals surface area contributed by atoms with Gasteiger partial charge in [-0.3, -0.25) is 0 Å². The Kier molecular flexibility index (Phi) is 5.82. The molecule has 0 aromatic heterocycles. The first-order chi connectivity index (χ1) is 2.91. The molecule has 0 heterocycles. The molecule has 0 atom stereocenters. The summed E-state index contributed by atoms with van der Waals surface area (Å²) in [5, 5.41) is 0. The van der Waals surface area contributed by atoms with Crippen molar-refractivity contribution >= 4 is 38.9 Å². The molecule has 0 saturated carbocycles. The second-order valence-corrected chi connectivity index (χ2v) is 0.957. The molecular formula is H2B2N2S2. The van der Waals surface area contributed by atoms with Gasteiger partial charge in [-0.2, -0.15) is 0 Å². The van der Waals surface area contributed by atoms with E-state index in [2.05, 4.69) is 34.4 Å². The molecule has 0 aliphatic heterocycles. The summed E-state index contributed by atoms with van der Waals surface area (Å²) in [5.41, 5.74) is 0. The predicted molar refractivity (Wildman–Crippen MR) is 34.3 cm³/mol. The van der Waals surface area contributed by atoms with Gasteiger partial charge in [0, 0.05) is 0 Å². The van der Waals surface area contributed by atoms with E-state index < -0.39 is 0 Å². The molecule has 6 heavy (non-hydrogen) atoms. The Morgan fingerprint density at radius 3 is 2.33 bits per heavy atom. The van der Waals surface area contributed by atoms with Crippen LogP contribution in [0, 0.1) is 0 Å². The van der Waals surface area contributed by atoms with Gasteiger partial charge in [-0.15, -0.1) is 0 Å². The van der Waals surface area contributed by atoms with Crippen LogP contribution >= 0.6 is 25.3 Å². The van der Waals surface area contributed by atoms with E-state index in [9.17, 15) is 0 Å². The molecule has 0 N–H and O–H groups in total. The van der Waals surface area contributed by atoms with E-state index in [1.54, 1.807) is 0 Å². The van der Waals surface area contributed by atoms with E-state index in [0.29, 0.717) is 0 Å². The molecule has 6 heteroatoms. The van der Waals surface area contributed by atoms with Gasteiger partial charge in [-0.25, -0.2) is 0 Å². The third-order valence-corrected chi connectivity index (χ3v) is 0.422. The van der Waals surface area contributed by atoms with Gasteiger partial charge in [0.05, 0.1) is 0 Å². The van der Waals surface area contributed by atoms with Crippen LogP contribution in [-0.4, -0.2) is 13.6 Å². The van der Waals surface area contributed by atoms with Crippen molar-refractivity contribution in [3.63, 3.8) is 0 Å². The van der Waals surface area contributed by atoms with Crippen LogP contribution in [-0.2, 0) is 0 Å². The van der Waals surface area contributed by atoms with E-state index >= 15 is 0 Å². The van der Waals surface area contributed by atoms with Crippen molar-refractivity contribution in [1.82, 2.24) is 0 Å². The summed E-state index contributed by atoms with van der Waals surface area (Å²) in [4.78, 5) is 3.46. The summed E-state index contributed by atoms with van der Waals surface area (Å²) >= 11 is 7.11. The van der Waals surface area contributed by atoms with Crippen molar-refractivity contribution in [2.75, 3.05) is 0 Å². The molecule has 0 saturated heterocycles. The van der Waals surface area contributed by atoms with Crippen LogP contribution < -0.4 is 0 Å². The van der Waals surface area contributed by atoms with E-state index in [1.165, 1.54) is 13.6 Å². The molecule has 0 radical (unpaired) electrons. The summed E-state index contributed by atoms with van der Waals surface area (Å²) in [5.74, 6) is 0. The van der Waals surface area contributed by atoms with Gasteiger partial charge in [0.25, 0.3) is 0 Å². The van der Waals surface area contributed by atoms with E-state index in [0.717, 1.165) is 0 Å². The maximum absolute atomic E-state index is 3.64. The summed E-state index contributed by atoms with van der Waals surface area (Å²) < 4.78 is 3.25. The maximum atomic E-state index is 3.64. The Balaban J connectivity index is 3.07. The third kappa shape index (κ3) is 4.43. The molecule has 2 nitrogen and oxygen atoms in total. The normalized spacial score (nSPS) is 9.00. The summed E-state index contributed by atoms with van der Waals surface area (Å²) in [6, 6.07) is 0. The minimum atomic E-state index is 1.29. The van der Waals surface area contributed by atoms with Gasteiger partial charge >= 0.3 is 48.0 Å². The fourth-order valence-electron chi connectivity index (χ4n) is 0.0596. The second-order valence-electron chi connectivity index (χ2n) is 0.495. The van der Waals surface area contributed by atoms with Crippen LogP contribution in [0.2, 0.25) is 0 Å². The van der Waals surface area contributed by atoms with Crippen molar-refractivity contribution in [2.45, 2.75) is 0 Å². The Hall–Kier alpha value is 0.430. The molecule has 0 aromatic rings. The van der Waals surface area contributed by atoms with Crippen LogP contribution in [0.1, 0.15) is 0 Å². The molecule has 0 aliphatic carbocycles. The summed E-state index contributed by atoms with van der Waals surface area (Å²) in [6.45, 7) is 0. The first-order valence-electron chi connectivity index (χ1n) is 1.23. The Morgan fingerprint density at radius 1 is 1.50 bits per heavy atom. The molecule has 0 aromatic carbocycles. The monoisotopic (exact) mass is 116 g/mol. The average Bonchev–Trinajstić information content (AvgIpc) is 1.61. The van der Waals surface area contributed by atoms with Gasteiger partial charge in [0.1, 0.15) is 0 Å². The fourth-order valence-corrected chi connectivity index (χ4v) is 0.179. The number of nitrogens with zero attached hydrogens (tertiary/aromatic N) is 2. The van der Waals surface area contributed by atoms with Crippen molar-refractivity contribution in [3.05, 3.63) is 0 Å². The second kappa shape index (κ2) is 5.43. The Labute approximate surface area is 48.5 Å². The van der Waals surface area contributed by atoms with Gasteiger partial charge in [-0.05, 0) is 0 Å². The zero-order valence-corrected chi connectivity index (χ0v) is 4.73. The quantitative estimate of drug-likeness (QED) is 0.365. The number of hydrogen-bond acceptors (Lipinski definition) is 2. The number of rotatable bonds is 1. The first kappa shape index (κ1) is 6.43. The van der Waals surface area contributed by atoms with Crippen molar-refractivity contribution in [1.29, 1.82) is 0 Å². The Bertz CT molecular complexity index is 57.9. The standard InChI is InChI=1S/B2H2N2S2/c5-2-3-1-4-6/h5-6H. The molecule has 0 fully saturated rings. The van der Waals surface area contributed by atoms with Gasteiger partial charge in [0.15, 0.2) is 0 Å². The zero-order valence-electron chi connectivity index (χ0n) is 2.94. The SMILES string of the molecule is S/B=N/B=N/S. The van der Waals surface area contributed by atoms with Gasteiger partial charge < -0.3 is 0 Å². The fraction of sp³-hybridized carbons (Fsp3) is 0. The molecule has 0 spiro atoms. The predicted octanol–water partition coefficient (Wildman–Crippen LogP) is 0.367.